The average Bonchev–Trinajstić information content (AvgIpc) is 3.19. The first-order valence-electron chi connectivity index (χ1n) is 10.3. The topological polar surface area (TPSA) is 37.3 Å². The van der Waals surface area contributed by atoms with Gasteiger partial charge in [0, 0.05) is 30.7 Å². The lowest BCUT2D eigenvalue weighted by Gasteiger charge is -2.37. The fourth-order valence-electron chi connectivity index (χ4n) is 4.09. The van der Waals surface area contributed by atoms with Gasteiger partial charge in [-0.2, -0.15) is 0 Å². The second-order valence-electron chi connectivity index (χ2n) is 8.22. The molecule has 1 N–H and O–H groups in total. The SMILES string of the molecule is Cc1cccc(NC(=O)N2CCn3cccc3[C@@H]2c2ccc(C(C)C)cc2)c1C. The molecule has 3 aromatic rings. The number of hydrogen-bond donors (Lipinski definition) is 1. The second kappa shape index (κ2) is 7.78. The lowest BCUT2D eigenvalue weighted by atomic mass is 9.96. The molecule has 0 bridgehead atoms. The molecule has 0 spiro atoms. The zero-order chi connectivity index (χ0) is 20.5. The highest BCUT2D eigenvalue weighted by Crippen LogP contribution is 2.34. The molecule has 1 aliphatic rings. The summed E-state index contributed by atoms with van der Waals surface area (Å²) >= 11 is 0. The molecule has 0 unspecified atom stereocenters. The molecular formula is C25H29N3O. The van der Waals surface area contributed by atoms with Crippen molar-refractivity contribution in [2.24, 2.45) is 0 Å². The Balaban J connectivity index is 1.67. The van der Waals surface area contributed by atoms with Gasteiger partial charge in [0.2, 0.25) is 0 Å². The van der Waals surface area contributed by atoms with E-state index < -0.39 is 0 Å². The van der Waals surface area contributed by atoms with E-state index in [-0.39, 0.29) is 12.1 Å². The van der Waals surface area contributed by atoms with Gasteiger partial charge in [-0.15, -0.1) is 0 Å². The summed E-state index contributed by atoms with van der Waals surface area (Å²) in [6.45, 7) is 10.00. The highest BCUT2D eigenvalue weighted by Gasteiger charge is 2.32. The van der Waals surface area contributed by atoms with Crippen LogP contribution >= 0.6 is 0 Å². The van der Waals surface area contributed by atoms with E-state index in [1.165, 1.54) is 11.1 Å². The van der Waals surface area contributed by atoms with Crippen LogP contribution in [-0.4, -0.2) is 22.0 Å². The molecule has 0 saturated carbocycles. The van der Waals surface area contributed by atoms with Gasteiger partial charge in [-0.3, -0.25) is 0 Å². The zero-order valence-corrected chi connectivity index (χ0v) is 17.6. The van der Waals surface area contributed by atoms with Gasteiger partial charge in [0.15, 0.2) is 0 Å². The van der Waals surface area contributed by atoms with Crippen LogP contribution in [0.15, 0.2) is 60.8 Å². The largest absolute Gasteiger partial charge is 0.348 e. The Morgan fingerprint density at radius 3 is 2.48 bits per heavy atom. The number of nitrogens with zero attached hydrogens (tertiary/aromatic N) is 2. The number of nitrogens with one attached hydrogen (secondary N) is 1. The van der Waals surface area contributed by atoms with E-state index in [1.54, 1.807) is 0 Å². The van der Waals surface area contributed by atoms with E-state index in [0.717, 1.165) is 29.1 Å². The molecule has 2 heterocycles. The maximum absolute atomic E-state index is 13.3. The molecule has 2 aromatic carbocycles. The fraction of sp³-hybridized carbons (Fsp3) is 0.320. The van der Waals surface area contributed by atoms with Crippen molar-refractivity contribution in [3.8, 4) is 0 Å². The predicted octanol–water partition coefficient (Wildman–Crippen LogP) is 5.87. The lowest BCUT2D eigenvalue weighted by molar-refractivity contribution is 0.182. The van der Waals surface area contributed by atoms with Crippen LogP contribution in [-0.2, 0) is 6.54 Å². The van der Waals surface area contributed by atoms with Crippen LogP contribution < -0.4 is 5.32 Å². The first-order valence-corrected chi connectivity index (χ1v) is 10.3. The number of aromatic nitrogens is 1. The standard InChI is InChI=1S/C25H29N3O/c1-17(2)20-10-12-21(13-11-20)24-23-9-6-14-27(23)15-16-28(24)25(29)26-22-8-5-7-18(3)19(22)4/h5-14,17,24H,15-16H2,1-4H3,(H,26,29)/t24-/m0/s1. The van der Waals surface area contributed by atoms with Crippen molar-refractivity contribution in [2.75, 3.05) is 11.9 Å². The quantitative estimate of drug-likeness (QED) is 0.600. The summed E-state index contributed by atoms with van der Waals surface area (Å²) in [6, 6.07) is 18.8. The van der Waals surface area contributed by atoms with Crippen LogP contribution in [0.4, 0.5) is 10.5 Å². The number of carbonyl (C=O) groups is 1. The summed E-state index contributed by atoms with van der Waals surface area (Å²) in [7, 11) is 0. The summed E-state index contributed by atoms with van der Waals surface area (Å²) in [5.74, 6) is 0.489. The molecule has 0 fully saturated rings. The molecule has 150 valence electrons. The number of amides is 2. The van der Waals surface area contributed by atoms with Crippen LogP contribution in [0, 0.1) is 13.8 Å². The maximum atomic E-state index is 13.3. The molecule has 1 aromatic heterocycles. The van der Waals surface area contributed by atoms with Crippen molar-refractivity contribution in [3.05, 3.63) is 88.7 Å². The van der Waals surface area contributed by atoms with E-state index in [0.29, 0.717) is 12.5 Å². The molecular weight excluding hydrogens is 358 g/mol. The van der Waals surface area contributed by atoms with E-state index in [9.17, 15) is 4.79 Å². The molecule has 29 heavy (non-hydrogen) atoms. The Bertz CT molecular complexity index is 1020. The minimum absolute atomic E-state index is 0.0518. The van der Waals surface area contributed by atoms with Gasteiger partial charge < -0.3 is 14.8 Å². The molecule has 1 atom stereocenters. The first kappa shape index (κ1) is 19.3. The average molecular weight is 388 g/mol. The maximum Gasteiger partial charge on any atom is 0.322 e. The van der Waals surface area contributed by atoms with Gasteiger partial charge in [-0.25, -0.2) is 4.79 Å². The Kier molecular flexibility index (Phi) is 5.18. The molecule has 4 heteroatoms. The Labute approximate surface area is 173 Å². The van der Waals surface area contributed by atoms with Gasteiger partial charge in [0.25, 0.3) is 0 Å². The third-order valence-electron chi connectivity index (χ3n) is 6.06. The van der Waals surface area contributed by atoms with Crippen molar-refractivity contribution in [1.82, 2.24) is 9.47 Å². The number of urea groups is 1. The molecule has 0 saturated heterocycles. The number of carbonyl (C=O) groups excluding carboxylic acids is 1. The summed E-state index contributed by atoms with van der Waals surface area (Å²) in [5.41, 5.74) is 6.78. The highest BCUT2D eigenvalue weighted by molar-refractivity contribution is 5.91. The predicted molar refractivity (Wildman–Crippen MR) is 118 cm³/mol. The van der Waals surface area contributed by atoms with E-state index in [4.69, 9.17) is 0 Å². The highest BCUT2D eigenvalue weighted by atomic mass is 16.2. The number of rotatable bonds is 3. The molecule has 0 radical (unpaired) electrons. The van der Waals surface area contributed by atoms with E-state index in [2.05, 4.69) is 86.2 Å². The van der Waals surface area contributed by atoms with Crippen molar-refractivity contribution in [1.29, 1.82) is 0 Å². The molecule has 2 amide bonds. The minimum Gasteiger partial charge on any atom is -0.348 e. The Hall–Kier alpha value is -3.01. The normalized spacial score (nSPS) is 16.0. The number of fused-ring (bicyclic) bond motifs is 1. The number of anilines is 1. The summed E-state index contributed by atoms with van der Waals surface area (Å²) in [4.78, 5) is 15.3. The fourth-order valence-corrected chi connectivity index (χ4v) is 4.09. The Morgan fingerprint density at radius 1 is 1.00 bits per heavy atom. The monoisotopic (exact) mass is 387 g/mol. The Morgan fingerprint density at radius 2 is 1.76 bits per heavy atom. The zero-order valence-electron chi connectivity index (χ0n) is 17.6. The van der Waals surface area contributed by atoms with Gasteiger partial charge >= 0.3 is 6.03 Å². The lowest BCUT2D eigenvalue weighted by Crippen LogP contribution is -2.44. The number of benzene rings is 2. The van der Waals surface area contributed by atoms with Gasteiger partial charge in [-0.1, -0.05) is 50.2 Å². The smallest absolute Gasteiger partial charge is 0.322 e. The summed E-state index contributed by atoms with van der Waals surface area (Å²) < 4.78 is 2.25. The second-order valence-corrected chi connectivity index (χ2v) is 8.22. The van der Waals surface area contributed by atoms with Gasteiger partial charge in [0.1, 0.15) is 0 Å². The van der Waals surface area contributed by atoms with Crippen LogP contribution in [0.1, 0.15) is 53.8 Å². The summed E-state index contributed by atoms with van der Waals surface area (Å²) in [6.07, 6.45) is 2.10. The summed E-state index contributed by atoms with van der Waals surface area (Å²) in [5, 5.41) is 3.15. The molecule has 4 nitrogen and oxygen atoms in total. The van der Waals surface area contributed by atoms with Crippen LogP contribution in [0.2, 0.25) is 0 Å². The van der Waals surface area contributed by atoms with Gasteiger partial charge in [-0.05, 0) is 60.2 Å². The van der Waals surface area contributed by atoms with Crippen molar-refractivity contribution >= 4 is 11.7 Å². The minimum atomic E-state index is -0.0925. The van der Waals surface area contributed by atoms with Crippen molar-refractivity contribution in [2.45, 2.75) is 46.2 Å². The first-order chi connectivity index (χ1) is 14.0. The van der Waals surface area contributed by atoms with Crippen LogP contribution in [0.5, 0.6) is 0 Å². The van der Waals surface area contributed by atoms with Crippen LogP contribution in [0.25, 0.3) is 0 Å². The number of hydrogen-bond acceptors (Lipinski definition) is 1. The van der Waals surface area contributed by atoms with Crippen molar-refractivity contribution < 1.29 is 4.79 Å². The van der Waals surface area contributed by atoms with Crippen LogP contribution in [0.3, 0.4) is 0 Å². The van der Waals surface area contributed by atoms with Gasteiger partial charge in [0.05, 0.1) is 6.04 Å². The third-order valence-corrected chi connectivity index (χ3v) is 6.06. The van der Waals surface area contributed by atoms with E-state index in [1.807, 2.05) is 17.0 Å². The number of aryl methyl sites for hydroxylation is 1. The van der Waals surface area contributed by atoms with E-state index >= 15 is 0 Å². The van der Waals surface area contributed by atoms with Crippen molar-refractivity contribution in [3.63, 3.8) is 0 Å². The molecule has 4 rings (SSSR count). The molecule has 1 aliphatic heterocycles. The third kappa shape index (κ3) is 3.67. The molecule has 0 aliphatic carbocycles.